The minimum atomic E-state index is 0.830. The normalized spacial score (nSPS) is 10.9. The van der Waals surface area contributed by atoms with Crippen LogP contribution in [0.15, 0.2) is 235 Å². The Morgan fingerprint density at radius 2 is 0.455 bits per heavy atom. The van der Waals surface area contributed by atoms with Crippen molar-refractivity contribution < 1.29 is 4.42 Å². The largest absolute Gasteiger partial charge is 0.455 e. The summed E-state index contributed by atoms with van der Waals surface area (Å²) in [5, 5.41) is 0. The summed E-state index contributed by atoms with van der Waals surface area (Å²) in [4.78, 5) is 4.56. The molecule has 0 aliphatic heterocycles. The fourth-order valence-corrected chi connectivity index (χ4v) is 7.32. The fraction of sp³-hybridized carbons (Fsp3) is 0. The average molecular weight is 707 g/mol. The van der Waals surface area contributed by atoms with E-state index in [1.165, 1.54) is 0 Å². The van der Waals surface area contributed by atoms with Gasteiger partial charge in [-0.2, -0.15) is 0 Å². The van der Waals surface area contributed by atoms with Crippen LogP contribution in [0.3, 0.4) is 0 Å². The van der Waals surface area contributed by atoms with Crippen LogP contribution in [0.1, 0.15) is 0 Å². The van der Waals surface area contributed by atoms with Gasteiger partial charge in [0.25, 0.3) is 0 Å². The summed E-state index contributed by atoms with van der Waals surface area (Å²) < 4.78 is 7.14. The Hall–Kier alpha value is -7.36. The monoisotopic (exact) mass is 706 g/mol. The van der Waals surface area contributed by atoms with Crippen LogP contribution >= 0.6 is 0 Å². The Morgan fingerprint density at radius 1 is 0.218 bits per heavy atom. The second kappa shape index (κ2) is 15.3. The molecule has 8 aromatic carbocycles. The molecule has 1 heterocycles. The van der Waals surface area contributed by atoms with Crippen molar-refractivity contribution in [2.45, 2.75) is 0 Å². The number of furan rings is 1. The first-order chi connectivity index (χ1) is 27.3. The van der Waals surface area contributed by atoms with E-state index in [1.807, 2.05) is 0 Å². The molecule has 0 saturated carbocycles. The molecular formula is C52H38N2O. The molecule has 0 aliphatic carbocycles. The molecule has 0 bridgehead atoms. The zero-order valence-electron chi connectivity index (χ0n) is 30.2. The van der Waals surface area contributed by atoms with Gasteiger partial charge in [-0.15, -0.1) is 0 Å². The van der Waals surface area contributed by atoms with Gasteiger partial charge in [0.2, 0.25) is 0 Å². The van der Waals surface area contributed by atoms with Gasteiger partial charge in [0.15, 0.2) is 0 Å². The van der Waals surface area contributed by atoms with E-state index in [0.717, 1.165) is 79.0 Å². The number of anilines is 6. The van der Waals surface area contributed by atoms with Crippen molar-refractivity contribution in [3.63, 3.8) is 0 Å². The molecule has 0 spiro atoms. The molecule has 3 heteroatoms. The highest BCUT2D eigenvalue weighted by atomic mass is 16.3. The van der Waals surface area contributed by atoms with E-state index >= 15 is 0 Å². The molecule has 262 valence electrons. The van der Waals surface area contributed by atoms with Crippen molar-refractivity contribution >= 4 is 34.1 Å². The van der Waals surface area contributed by atoms with Gasteiger partial charge in [0.05, 0.1) is 0 Å². The summed E-state index contributed by atoms with van der Waals surface area (Å²) in [5.74, 6) is 1.66. The van der Waals surface area contributed by atoms with Crippen LogP contribution in [-0.4, -0.2) is 0 Å². The van der Waals surface area contributed by atoms with E-state index in [0.29, 0.717) is 0 Å². The summed E-state index contributed by atoms with van der Waals surface area (Å²) in [7, 11) is 0. The number of benzene rings is 8. The maximum atomic E-state index is 7.14. The third-order valence-corrected chi connectivity index (χ3v) is 9.87. The molecular weight excluding hydrogens is 669 g/mol. The Kier molecular flexibility index (Phi) is 9.32. The molecule has 0 N–H and O–H groups in total. The SMILES string of the molecule is c1ccc(-c2c(-c3ccc(N(c4ccccc4)c4ccccc4)cc3)oc(-c3ccc(N(c4ccccc4)c4ccccc4)cc3)c2-c2ccccc2)cc1. The smallest absolute Gasteiger partial charge is 0.143 e. The van der Waals surface area contributed by atoms with Crippen LogP contribution in [0.5, 0.6) is 0 Å². The maximum Gasteiger partial charge on any atom is 0.143 e. The van der Waals surface area contributed by atoms with Gasteiger partial charge in [-0.1, -0.05) is 133 Å². The van der Waals surface area contributed by atoms with Crippen molar-refractivity contribution in [3.8, 4) is 44.9 Å². The molecule has 3 nitrogen and oxygen atoms in total. The lowest BCUT2D eigenvalue weighted by molar-refractivity contribution is 0.599. The highest BCUT2D eigenvalue weighted by Crippen LogP contribution is 2.49. The summed E-state index contributed by atoms with van der Waals surface area (Å²) in [6.45, 7) is 0. The summed E-state index contributed by atoms with van der Waals surface area (Å²) in [5.41, 5.74) is 12.9. The van der Waals surface area contributed by atoms with Gasteiger partial charge < -0.3 is 14.2 Å². The van der Waals surface area contributed by atoms with Gasteiger partial charge in [-0.25, -0.2) is 0 Å². The molecule has 0 radical (unpaired) electrons. The average Bonchev–Trinajstić information content (AvgIpc) is 3.67. The number of hydrogen-bond donors (Lipinski definition) is 0. The predicted octanol–water partition coefficient (Wildman–Crippen LogP) is 14.9. The zero-order chi connectivity index (χ0) is 36.8. The zero-order valence-corrected chi connectivity index (χ0v) is 30.2. The summed E-state index contributed by atoms with van der Waals surface area (Å²) >= 11 is 0. The van der Waals surface area contributed by atoms with Gasteiger partial charge in [-0.05, 0) is 108 Å². The molecule has 55 heavy (non-hydrogen) atoms. The van der Waals surface area contributed by atoms with Gasteiger partial charge in [0.1, 0.15) is 11.5 Å². The number of rotatable bonds is 10. The van der Waals surface area contributed by atoms with Gasteiger partial charge in [0, 0.05) is 56.4 Å². The van der Waals surface area contributed by atoms with Gasteiger partial charge in [-0.3, -0.25) is 0 Å². The molecule has 0 unspecified atom stereocenters. The highest BCUT2D eigenvalue weighted by Gasteiger charge is 2.26. The number of hydrogen-bond acceptors (Lipinski definition) is 3. The maximum absolute atomic E-state index is 7.14. The van der Waals surface area contributed by atoms with Crippen molar-refractivity contribution in [1.29, 1.82) is 0 Å². The second-order valence-electron chi connectivity index (χ2n) is 13.3. The van der Waals surface area contributed by atoms with Crippen LogP contribution in [0.25, 0.3) is 44.9 Å². The van der Waals surface area contributed by atoms with Crippen LogP contribution < -0.4 is 9.80 Å². The second-order valence-corrected chi connectivity index (χ2v) is 13.3. The molecule has 0 atom stereocenters. The van der Waals surface area contributed by atoms with Gasteiger partial charge >= 0.3 is 0 Å². The Balaban J connectivity index is 1.19. The third-order valence-electron chi connectivity index (χ3n) is 9.87. The number of nitrogens with zero attached hydrogens (tertiary/aromatic N) is 2. The fourth-order valence-electron chi connectivity index (χ4n) is 7.32. The third kappa shape index (κ3) is 6.83. The van der Waals surface area contributed by atoms with E-state index in [1.54, 1.807) is 0 Å². The minimum Gasteiger partial charge on any atom is -0.455 e. The van der Waals surface area contributed by atoms with E-state index in [4.69, 9.17) is 4.42 Å². The van der Waals surface area contributed by atoms with E-state index in [-0.39, 0.29) is 0 Å². The Morgan fingerprint density at radius 3 is 0.727 bits per heavy atom. The first-order valence-electron chi connectivity index (χ1n) is 18.6. The topological polar surface area (TPSA) is 19.6 Å². The number of para-hydroxylation sites is 4. The van der Waals surface area contributed by atoms with Crippen LogP contribution in [0.2, 0.25) is 0 Å². The minimum absolute atomic E-state index is 0.830. The van der Waals surface area contributed by atoms with Crippen molar-refractivity contribution in [1.82, 2.24) is 0 Å². The first-order valence-corrected chi connectivity index (χ1v) is 18.6. The quantitative estimate of drug-likeness (QED) is 0.141. The predicted molar refractivity (Wildman–Crippen MR) is 230 cm³/mol. The van der Waals surface area contributed by atoms with Crippen LogP contribution in [0, 0.1) is 0 Å². The van der Waals surface area contributed by atoms with Crippen molar-refractivity contribution in [2.75, 3.05) is 9.80 Å². The lowest BCUT2D eigenvalue weighted by Crippen LogP contribution is -2.09. The Labute approximate surface area is 322 Å². The van der Waals surface area contributed by atoms with Crippen molar-refractivity contribution in [2.24, 2.45) is 0 Å². The molecule has 9 rings (SSSR count). The summed E-state index contributed by atoms with van der Waals surface area (Å²) in [6, 6.07) is 80.6. The molecule has 0 fully saturated rings. The standard InChI is InChI=1S/C52H38N2O/c1-7-19-39(20-8-1)49-50(40-21-9-2-10-22-40)52(42-33-37-48(38-34-42)54(45-27-15-5-16-28-45)46-29-17-6-18-30-46)55-51(49)41-31-35-47(36-32-41)53(43-23-11-3-12-24-43)44-25-13-4-14-26-44/h1-38H. The Bertz CT molecular complexity index is 2320. The van der Waals surface area contributed by atoms with E-state index < -0.39 is 0 Å². The molecule has 0 amide bonds. The van der Waals surface area contributed by atoms with E-state index in [9.17, 15) is 0 Å². The van der Waals surface area contributed by atoms with Crippen molar-refractivity contribution in [3.05, 3.63) is 231 Å². The lowest BCUT2D eigenvalue weighted by atomic mass is 9.91. The first kappa shape index (κ1) is 33.5. The molecule has 9 aromatic rings. The summed E-state index contributed by atoms with van der Waals surface area (Å²) in [6.07, 6.45) is 0. The lowest BCUT2D eigenvalue weighted by Gasteiger charge is -2.25. The molecule has 0 saturated heterocycles. The van der Waals surface area contributed by atoms with Crippen LogP contribution in [-0.2, 0) is 0 Å². The molecule has 1 aromatic heterocycles. The van der Waals surface area contributed by atoms with E-state index in [2.05, 4.69) is 240 Å². The van der Waals surface area contributed by atoms with Crippen LogP contribution in [0.4, 0.5) is 34.1 Å². The highest BCUT2D eigenvalue weighted by molar-refractivity contribution is 6.00. The molecule has 0 aliphatic rings.